The minimum atomic E-state index is -4.70. The maximum atomic E-state index is 13.2. The maximum Gasteiger partial charge on any atom is 0.435 e. The molecule has 0 aliphatic rings. The van der Waals surface area contributed by atoms with Gasteiger partial charge in [0.2, 0.25) is 5.88 Å². The summed E-state index contributed by atoms with van der Waals surface area (Å²) in [4.78, 5) is 12.4. The number of para-hydroxylation sites is 1. The largest absolute Gasteiger partial charge is 0.497 e. The lowest BCUT2D eigenvalue weighted by molar-refractivity contribution is -0.141. The number of nitrogens with zero attached hydrogens (tertiary/aromatic N) is 2. The molecule has 0 aliphatic heterocycles. The molecule has 4 aromatic rings. The predicted octanol–water partition coefficient (Wildman–Crippen LogP) is 6.31. The molecule has 0 saturated carbocycles. The zero-order valence-electron chi connectivity index (χ0n) is 18.8. The Balaban J connectivity index is 1.40. The molecule has 2 N–H and O–H groups in total. The van der Waals surface area contributed by atoms with Crippen LogP contribution in [0.4, 0.5) is 30.2 Å². The van der Waals surface area contributed by atoms with E-state index in [1.165, 1.54) is 12.1 Å². The summed E-state index contributed by atoms with van der Waals surface area (Å²) in [6, 6.07) is 21.2. The average Bonchev–Trinajstić information content (AvgIpc) is 3.29. The van der Waals surface area contributed by atoms with Crippen molar-refractivity contribution in [2.75, 3.05) is 24.4 Å². The van der Waals surface area contributed by atoms with Crippen LogP contribution in [0.3, 0.4) is 0 Å². The highest BCUT2D eigenvalue weighted by Gasteiger charge is 2.36. The van der Waals surface area contributed by atoms with E-state index in [4.69, 9.17) is 21.1 Å². The number of rotatable bonds is 8. The van der Waals surface area contributed by atoms with Gasteiger partial charge in [-0.05, 0) is 60.7 Å². The van der Waals surface area contributed by atoms with Gasteiger partial charge in [-0.25, -0.2) is 0 Å². The van der Waals surface area contributed by atoms with Gasteiger partial charge in [-0.2, -0.15) is 23.0 Å². The first kappa shape index (κ1) is 24.9. The Kier molecular flexibility index (Phi) is 7.35. The van der Waals surface area contributed by atoms with Gasteiger partial charge in [0.05, 0.1) is 17.8 Å². The third-order valence-corrected chi connectivity index (χ3v) is 5.27. The second-order valence-corrected chi connectivity index (χ2v) is 7.90. The standard InChI is InChI=1S/C25H20ClF3N4O3/c1-35-19-12-10-17(11-13-19)30-16-6-8-18(9-7-16)31-23(34)15-36-24-14-22(25(27,28)29)32-33(24)21-5-3-2-4-20(21)26/h2-14,30H,15H2,1H3,(H,31,34). The summed E-state index contributed by atoms with van der Waals surface area (Å²) in [5, 5.41) is 9.60. The van der Waals surface area contributed by atoms with Crippen molar-refractivity contribution in [2.45, 2.75) is 6.18 Å². The van der Waals surface area contributed by atoms with E-state index in [0.29, 0.717) is 5.69 Å². The van der Waals surface area contributed by atoms with Crippen LogP contribution < -0.4 is 20.1 Å². The summed E-state index contributed by atoms with van der Waals surface area (Å²) >= 11 is 6.11. The third kappa shape index (κ3) is 6.08. The number of nitrogens with one attached hydrogen (secondary N) is 2. The molecule has 0 fully saturated rings. The number of benzene rings is 3. The molecule has 1 amide bonds. The van der Waals surface area contributed by atoms with Crippen LogP contribution in [0, 0.1) is 0 Å². The zero-order chi connectivity index (χ0) is 25.7. The predicted molar refractivity (Wildman–Crippen MR) is 130 cm³/mol. The van der Waals surface area contributed by atoms with E-state index in [1.807, 2.05) is 24.3 Å². The highest BCUT2D eigenvalue weighted by molar-refractivity contribution is 6.32. The van der Waals surface area contributed by atoms with Crippen molar-refractivity contribution >= 4 is 34.6 Å². The number of carbonyl (C=O) groups excluding carboxylic acids is 1. The van der Waals surface area contributed by atoms with Crippen LogP contribution in [0.25, 0.3) is 5.69 Å². The second-order valence-electron chi connectivity index (χ2n) is 7.50. The Bertz CT molecular complexity index is 1340. The summed E-state index contributed by atoms with van der Waals surface area (Å²) in [5.74, 6) is -0.0960. The molecular formula is C25H20ClF3N4O3. The topological polar surface area (TPSA) is 77.4 Å². The highest BCUT2D eigenvalue weighted by Crippen LogP contribution is 2.33. The molecule has 0 atom stereocenters. The summed E-state index contributed by atoms with van der Waals surface area (Å²) < 4.78 is 51.1. The molecule has 7 nitrogen and oxygen atoms in total. The van der Waals surface area contributed by atoms with E-state index in [9.17, 15) is 18.0 Å². The van der Waals surface area contributed by atoms with Crippen LogP contribution in [0.2, 0.25) is 5.02 Å². The molecule has 0 unspecified atom stereocenters. The lowest BCUT2D eigenvalue weighted by Gasteiger charge is -2.11. The van der Waals surface area contributed by atoms with Gasteiger partial charge >= 0.3 is 6.18 Å². The first-order valence-corrected chi connectivity index (χ1v) is 11.0. The number of hydrogen-bond donors (Lipinski definition) is 2. The molecular weight excluding hydrogens is 497 g/mol. The van der Waals surface area contributed by atoms with Crippen molar-refractivity contribution in [1.82, 2.24) is 9.78 Å². The number of hydrogen-bond acceptors (Lipinski definition) is 5. The molecule has 1 aromatic heterocycles. The smallest absolute Gasteiger partial charge is 0.435 e. The molecule has 0 aliphatic carbocycles. The minimum absolute atomic E-state index is 0.173. The number of ether oxygens (including phenoxy) is 2. The molecule has 36 heavy (non-hydrogen) atoms. The first-order valence-electron chi connectivity index (χ1n) is 10.6. The van der Waals surface area contributed by atoms with E-state index in [-0.39, 0.29) is 16.6 Å². The van der Waals surface area contributed by atoms with Gasteiger partial charge in [-0.3, -0.25) is 4.79 Å². The van der Waals surface area contributed by atoms with E-state index in [0.717, 1.165) is 27.9 Å². The third-order valence-electron chi connectivity index (χ3n) is 4.95. The van der Waals surface area contributed by atoms with Gasteiger partial charge in [0.25, 0.3) is 5.91 Å². The van der Waals surface area contributed by atoms with Gasteiger partial charge in [0.15, 0.2) is 12.3 Å². The molecule has 1 heterocycles. The van der Waals surface area contributed by atoms with Crippen LogP contribution in [0.15, 0.2) is 78.9 Å². The second kappa shape index (κ2) is 10.6. The fraction of sp³-hybridized carbons (Fsp3) is 0.120. The lowest BCUT2D eigenvalue weighted by Crippen LogP contribution is -2.21. The molecule has 11 heteroatoms. The van der Waals surface area contributed by atoms with Gasteiger partial charge in [-0.15, -0.1) is 0 Å². The Hall–Kier alpha value is -4.18. The van der Waals surface area contributed by atoms with Crippen LogP contribution in [0.1, 0.15) is 5.69 Å². The fourth-order valence-corrected chi connectivity index (χ4v) is 3.43. The normalized spacial score (nSPS) is 11.1. The number of anilines is 3. The van der Waals surface area contributed by atoms with E-state index in [2.05, 4.69) is 15.7 Å². The molecule has 0 bridgehead atoms. The minimum Gasteiger partial charge on any atom is -0.497 e. The molecule has 0 spiro atoms. The highest BCUT2D eigenvalue weighted by atomic mass is 35.5. The van der Waals surface area contributed by atoms with Crippen molar-refractivity contribution in [3.8, 4) is 17.3 Å². The number of methoxy groups -OCH3 is 1. The quantitative estimate of drug-likeness (QED) is 0.287. The number of carbonyl (C=O) groups is 1. The van der Waals surface area contributed by atoms with Crippen molar-refractivity contribution in [1.29, 1.82) is 0 Å². The molecule has 3 aromatic carbocycles. The summed E-state index contributed by atoms with van der Waals surface area (Å²) in [6.07, 6.45) is -4.70. The van der Waals surface area contributed by atoms with E-state index in [1.54, 1.807) is 43.5 Å². The molecule has 4 rings (SSSR count). The molecule has 0 saturated heterocycles. The number of amides is 1. The van der Waals surface area contributed by atoms with Gasteiger partial charge in [0.1, 0.15) is 5.75 Å². The van der Waals surface area contributed by atoms with Crippen LogP contribution in [0.5, 0.6) is 11.6 Å². The fourth-order valence-electron chi connectivity index (χ4n) is 3.22. The van der Waals surface area contributed by atoms with Gasteiger partial charge in [-0.1, -0.05) is 23.7 Å². The van der Waals surface area contributed by atoms with Gasteiger partial charge < -0.3 is 20.1 Å². The Morgan fingerprint density at radius 1 is 0.972 bits per heavy atom. The summed E-state index contributed by atoms with van der Waals surface area (Å²) in [5.41, 5.74) is 1.15. The lowest BCUT2D eigenvalue weighted by atomic mass is 10.2. The molecule has 186 valence electrons. The summed E-state index contributed by atoms with van der Waals surface area (Å²) in [6.45, 7) is -0.542. The van der Waals surface area contributed by atoms with E-state index >= 15 is 0 Å². The SMILES string of the molecule is COc1ccc(Nc2ccc(NC(=O)COc3cc(C(F)(F)F)nn3-c3ccccc3Cl)cc2)cc1. The van der Waals surface area contributed by atoms with E-state index < -0.39 is 24.4 Å². The number of aromatic nitrogens is 2. The van der Waals surface area contributed by atoms with Crippen molar-refractivity contribution < 1.29 is 27.4 Å². The van der Waals surface area contributed by atoms with Crippen molar-refractivity contribution in [2.24, 2.45) is 0 Å². The Morgan fingerprint density at radius 3 is 2.19 bits per heavy atom. The van der Waals surface area contributed by atoms with Crippen LogP contribution in [-0.4, -0.2) is 29.4 Å². The van der Waals surface area contributed by atoms with Gasteiger partial charge in [0, 0.05) is 23.1 Å². The number of halogens is 4. The molecule has 0 radical (unpaired) electrons. The van der Waals surface area contributed by atoms with Crippen LogP contribution in [-0.2, 0) is 11.0 Å². The summed E-state index contributed by atoms with van der Waals surface area (Å²) in [7, 11) is 1.59. The Labute approximate surface area is 209 Å². The zero-order valence-corrected chi connectivity index (χ0v) is 19.6. The van der Waals surface area contributed by atoms with Crippen LogP contribution >= 0.6 is 11.6 Å². The van der Waals surface area contributed by atoms with Crippen molar-refractivity contribution in [3.05, 3.63) is 89.6 Å². The number of alkyl halides is 3. The Morgan fingerprint density at radius 2 is 1.58 bits per heavy atom. The maximum absolute atomic E-state index is 13.2. The first-order chi connectivity index (χ1) is 17.2. The van der Waals surface area contributed by atoms with Crippen molar-refractivity contribution in [3.63, 3.8) is 0 Å². The average molecular weight is 517 g/mol. The monoisotopic (exact) mass is 516 g/mol.